The fourth-order valence-corrected chi connectivity index (χ4v) is 0.783. The molecule has 4 nitrogen and oxygen atoms in total. The maximum Gasteiger partial charge on any atom is 0.200 e. The van der Waals surface area contributed by atoms with Crippen molar-refractivity contribution >= 4 is 12.1 Å². The van der Waals surface area contributed by atoms with Crippen LogP contribution in [-0.4, -0.2) is 25.3 Å². The lowest BCUT2D eigenvalue weighted by Crippen LogP contribution is -2.27. The molecule has 0 bridgehead atoms. The molecule has 0 aromatic heterocycles. The zero-order valence-corrected chi connectivity index (χ0v) is 5.41. The Morgan fingerprint density at radius 1 is 1.50 bits per heavy atom. The van der Waals surface area contributed by atoms with Crippen LogP contribution in [0, 0.1) is 5.92 Å². The number of rotatable bonds is 2. The highest BCUT2D eigenvalue weighted by molar-refractivity contribution is 6.26. The Kier molecular flexibility index (Phi) is 2.53. The van der Waals surface area contributed by atoms with Crippen LogP contribution in [0.3, 0.4) is 0 Å². The summed E-state index contributed by atoms with van der Waals surface area (Å²) in [4.78, 5) is 29.7. The molecular weight excluding hydrogens is 136 g/mol. The van der Waals surface area contributed by atoms with Gasteiger partial charge in [-0.05, 0) is 6.42 Å². The fourth-order valence-electron chi connectivity index (χ4n) is 0.783. The number of ketones is 1. The van der Waals surface area contributed by atoms with Gasteiger partial charge in [0.2, 0.25) is 5.78 Å². The summed E-state index contributed by atoms with van der Waals surface area (Å²) in [6.45, 7) is 0.599. The zero-order chi connectivity index (χ0) is 7.40. The van der Waals surface area contributed by atoms with Crippen molar-refractivity contribution in [3.8, 4) is 0 Å². The highest BCUT2D eigenvalue weighted by atomic mass is 17.2. The van der Waals surface area contributed by atoms with E-state index in [1.54, 1.807) is 0 Å². The van der Waals surface area contributed by atoms with Crippen LogP contribution in [0.1, 0.15) is 6.42 Å². The second kappa shape index (κ2) is 3.43. The van der Waals surface area contributed by atoms with E-state index >= 15 is 0 Å². The molecule has 1 aliphatic heterocycles. The predicted molar refractivity (Wildman–Crippen MR) is 31.1 cm³/mol. The van der Waals surface area contributed by atoms with E-state index in [1.165, 1.54) is 0 Å². The average Bonchev–Trinajstić information content (AvgIpc) is 2.05. The first-order valence-corrected chi connectivity index (χ1v) is 3.08. The van der Waals surface area contributed by atoms with E-state index in [9.17, 15) is 9.59 Å². The van der Waals surface area contributed by atoms with Crippen molar-refractivity contribution in [3.63, 3.8) is 0 Å². The number of hydrogen-bond donors (Lipinski definition) is 0. The maximum atomic E-state index is 10.7. The quantitative estimate of drug-likeness (QED) is 0.304. The van der Waals surface area contributed by atoms with Gasteiger partial charge in [-0.3, -0.25) is 9.59 Å². The summed E-state index contributed by atoms with van der Waals surface area (Å²) in [6.07, 6.45) is 0.914. The Morgan fingerprint density at radius 3 is 2.80 bits per heavy atom. The second-order valence-corrected chi connectivity index (χ2v) is 2.11. The third-order valence-corrected chi connectivity index (χ3v) is 1.42. The van der Waals surface area contributed by atoms with Crippen molar-refractivity contribution in [1.29, 1.82) is 0 Å². The summed E-state index contributed by atoms with van der Waals surface area (Å²) in [5, 5.41) is 0. The SMILES string of the molecule is O=CC(=O)C1CCOOC1. The summed E-state index contributed by atoms with van der Waals surface area (Å²) in [5.74, 6) is -0.686. The van der Waals surface area contributed by atoms with Crippen molar-refractivity contribution in [2.75, 3.05) is 13.2 Å². The average molecular weight is 144 g/mol. The van der Waals surface area contributed by atoms with Crippen LogP contribution in [0.4, 0.5) is 0 Å². The lowest BCUT2D eigenvalue weighted by Gasteiger charge is -2.17. The van der Waals surface area contributed by atoms with E-state index in [-0.39, 0.29) is 12.5 Å². The number of Topliss-reactive ketones (excluding diaryl/α,β-unsaturated/α-hetero) is 1. The minimum Gasteiger partial charge on any atom is -0.295 e. The van der Waals surface area contributed by atoms with Gasteiger partial charge in [-0.25, -0.2) is 9.78 Å². The lowest BCUT2D eigenvalue weighted by molar-refractivity contribution is -0.320. The first-order valence-electron chi connectivity index (χ1n) is 3.08. The molecule has 4 heteroatoms. The lowest BCUT2D eigenvalue weighted by atomic mass is 10.0. The number of hydrogen-bond acceptors (Lipinski definition) is 4. The zero-order valence-electron chi connectivity index (χ0n) is 5.41. The molecule has 56 valence electrons. The van der Waals surface area contributed by atoms with Crippen LogP contribution in [0.15, 0.2) is 0 Å². The van der Waals surface area contributed by atoms with Crippen molar-refractivity contribution < 1.29 is 19.4 Å². The molecule has 0 spiro atoms. The Morgan fingerprint density at radius 2 is 2.30 bits per heavy atom. The van der Waals surface area contributed by atoms with Crippen LogP contribution in [-0.2, 0) is 19.4 Å². The Labute approximate surface area is 58.0 Å². The molecule has 1 fully saturated rings. The molecule has 10 heavy (non-hydrogen) atoms. The summed E-state index contributed by atoms with van der Waals surface area (Å²) in [6, 6.07) is 0. The molecule has 1 heterocycles. The van der Waals surface area contributed by atoms with E-state index in [0.29, 0.717) is 19.3 Å². The molecule has 0 radical (unpaired) electrons. The molecule has 1 rings (SSSR count). The Balaban J connectivity index is 2.38. The van der Waals surface area contributed by atoms with Gasteiger partial charge in [-0.2, -0.15) is 0 Å². The van der Waals surface area contributed by atoms with Crippen LogP contribution in [0.2, 0.25) is 0 Å². The van der Waals surface area contributed by atoms with Crippen LogP contribution in [0.5, 0.6) is 0 Å². The van der Waals surface area contributed by atoms with Crippen molar-refractivity contribution in [2.24, 2.45) is 5.92 Å². The Hall–Kier alpha value is -0.740. The molecule has 1 aliphatic rings. The van der Waals surface area contributed by atoms with E-state index in [0.717, 1.165) is 0 Å². The molecule has 0 saturated carbocycles. The highest BCUT2D eigenvalue weighted by Gasteiger charge is 2.21. The summed E-state index contributed by atoms with van der Waals surface area (Å²) in [5.41, 5.74) is 0. The molecule has 1 unspecified atom stereocenters. The van der Waals surface area contributed by atoms with E-state index in [1.807, 2.05) is 0 Å². The fraction of sp³-hybridized carbons (Fsp3) is 0.667. The first kappa shape index (κ1) is 7.37. The van der Waals surface area contributed by atoms with Gasteiger partial charge in [-0.1, -0.05) is 0 Å². The van der Waals surface area contributed by atoms with Crippen LogP contribution in [0.25, 0.3) is 0 Å². The monoisotopic (exact) mass is 144 g/mol. The smallest absolute Gasteiger partial charge is 0.200 e. The van der Waals surface area contributed by atoms with Gasteiger partial charge in [0, 0.05) is 0 Å². The summed E-state index contributed by atoms with van der Waals surface area (Å²) < 4.78 is 0. The van der Waals surface area contributed by atoms with Crippen molar-refractivity contribution in [3.05, 3.63) is 0 Å². The molecule has 0 N–H and O–H groups in total. The molecule has 0 aliphatic carbocycles. The van der Waals surface area contributed by atoms with Gasteiger partial charge in [-0.15, -0.1) is 0 Å². The number of aldehydes is 1. The van der Waals surface area contributed by atoms with Gasteiger partial charge in [0.15, 0.2) is 6.29 Å². The minimum atomic E-state index is -0.400. The summed E-state index contributed by atoms with van der Waals surface area (Å²) in [7, 11) is 0. The van der Waals surface area contributed by atoms with E-state index in [2.05, 4.69) is 9.78 Å². The van der Waals surface area contributed by atoms with Gasteiger partial charge in [0.25, 0.3) is 0 Å². The van der Waals surface area contributed by atoms with Crippen molar-refractivity contribution in [2.45, 2.75) is 6.42 Å². The minimum absolute atomic E-state index is 0.206. The van der Waals surface area contributed by atoms with Crippen molar-refractivity contribution in [1.82, 2.24) is 0 Å². The molecule has 0 amide bonds. The van der Waals surface area contributed by atoms with Gasteiger partial charge >= 0.3 is 0 Å². The molecule has 1 atom stereocenters. The third kappa shape index (κ3) is 1.62. The molecule has 1 saturated heterocycles. The Bertz CT molecular complexity index is 137. The normalized spacial score (nSPS) is 25.8. The molecule has 0 aromatic carbocycles. The standard InChI is InChI=1S/C6H8O4/c7-3-6(8)5-1-2-9-10-4-5/h3,5H,1-2,4H2. The van der Waals surface area contributed by atoms with E-state index < -0.39 is 5.78 Å². The molecular formula is C6H8O4. The maximum absolute atomic E-state index is 10.7. The van der Waals surface area contributed by atoms with E-state index in [4.69, 9.17) is 0 Å². The van der Waals surface area contributed by atoms with Gasteiger partial charge < -0.3 is 0 Å². The third-order valence-electron chi connectivity index (χ3n) is 1.42. The van der Waals surface area contributed by atoms with Crippen LogP contribution < -0.4 is 0 Å². The van der Waals surface area contributed by atoms with Gasteiger partial charge in [0.1, 0.15) is 0 Å². The first-order chi connectivity index (χ1) is 4.84. The predicted octanol–water partition coefficient (Wildman–Crippen LogP) is -0.278. The number of carbonyl (C=O) groups is 2. The summed E-state index contributed by atoms with van der Waals surface area (Å²) >= 11 is 0. The highest BCUT2D eigenvalue weighted by Crippen LogP contribution is 2.10. The number of carbonyl (C=O) groups excluding carboxylic acids is 2. The molecule has 0 aromatic rings. The largest absolute Gasteiger partial charge is 0.295 e. The van der Waals surface area contributed by atoms with Crippen LogP contribution >= 0.6 is 0 Å². The van der Waals surface area contributed by atoms with Gasteiger partial charge in [0.05, 0.1) is 19.1 Å². The second-order valence-electron chi connectivity index (χ2n) is 2.11. The topological polar surface area (TPSA) is 52.6 Å².